The number of carbonyl (C=O) groups is 1. The summed E-state index contributed by atoms with van der Waals surface area (Å²) in [6.07, 6.45) is 3.87. The van der Waals surface area contributed by atoms with Crippen LogP contribution in [-0.4, -0.2) is 15.9 Å². The monoisotopic (exact) mass is 369 g/mol. The van der Waals surface area contributed by atoms with Crippen molar-refractivity contribution in [3.05, 3.63) is 88.7 Å². The van der Waals surface area contributed by atoms with Gasteiger partial charge in [0, 0.05) is 17.4 Å². The minimum Gasteiger partial charge on any atom is -0.322 e. The first kappa shape index (κ1) is 18.0. The van der Waals surface area contributed by atoms with Gasteiger partial charge in [0.1, 0.15) is 11.0 Å². The summed E-state index contributed by atoms with van der Waals surface area (Å²) in [6.45, 7) is 2.07. The molecule has 0 spiro atoms. The maximum atomic E-state index is 13.3. The van der Waals surface area contributed by atoms with E-state index in [1.54, 1.807) is 18.3 Å². The van der Waals surface area contributed by atoms with Crippen LogP contribution in [0.15, 0.2) is 60.9 Å². The first-order valence-electron chi connectivity index (χ1n) is 8.14. The van der Waals surface area contributed by atoms with Gasteiger partial charge in [0.15, 0.2) is 0 Å². The summed E-state index contributed by atoms with van der Waals surface area (Å²) in [5.41, 5.74) is 2.78. The number of halogens is 2. The Hall–Kier alpha value is -2.79. The highest BCUT2D eigenvalue weighted by molar-refractivity contribution is 6.29. The highest BCUT2D eigenvalue weighted by Crippen LogP contribution is 2.23. The maximum Gasteiger partial charge on any atom is 0.255 e. The third-order valence-electron chi connectivity index (χ3n) is 3.97. The van der Waals surface area contributed by atoms with Crippen molar-refractivity contribution in [2.75, 3.05) is 5.32 Å². The van der Waals surface area contributed by atoms with Crippen LogP contribution in [0.3, 0.4) is 0 Å². The van der Waals surface area contributed by atoms with Gasteiger partial charge < -0.3 is 5.32 Å². The number of benzene rings is 2. The van der Waals surface area contributed by atoms with Crippen molar-refractivity contribution in [1.82, 2.24) is 9.97 Å². The predicted octanol–water partition coefficient (Wildman–Crippen LogP) is 4.87. The molecule has 26 heavy (non-hydrogen) atoms. The molecule has 0 saturated carbocycles. The molecule has 3 aromatic rings. The Morgan fingerprint density at radius 1 is 1.19 bits per heavy atom. The van der Waals surface area contributed by atoms with Crippen LogP contribution in [0.2, 0.25) is 5.15 Å². The van der Waals surface area contributed by atoms with E-state index in [4.69, 9.17) is 11.6 Å². The summed E-state index contributed by atoms with van der Waals surface area (Å²) in [4.78, 5) is 20.6. The van der Waals surface area contributed by atoms with E-state index in [1.807, 2.05) is 18.2 Å². The van der Waals surface area contributed by atoms with E-state index in [9.17, 15) is 9.18 Å². The highest BCUT2D eigenvalue weighted by Gasteiger charge is 2.11. The number of aromatic nitrogens is 2. The summed E-state index contributed by atoms with van der Waals surface area (Å²) < 4.78 is 13.3. The summed E-state index contributed by atoms with van der Waals surface area (Å²) in [5.74, 6) is -0.633. The topological polar surface area (TPSA) is 54.9 Å². The van der Waals surface area contributed by atoms with Gasteiger partial charge in [-0.2, -0.15) is 0 Å². The van der Waals surface area contributed by atoms with E-state index in [-0.39, 0.29) is 17.4 Å². The number of rotatable bonds is 5. The van der Waals surface area contributed by atoms with Crippen molar-refractivity contribution < 1.29 is 9.18 Å². The van der Waals surface area contributed by atoms with Crippen molar-refractivity contribution in [1.29, 1.82) is 0 Å². The van der Waals surface area contributed by atoms with Crippen molar-refractivity contribution in [2.45, 2.75) is 19.3 Å². The van der Waals surface area contributed by atoms with Crippen LogP contribution in [0.4, 0.5) is 10.1 Å². The summed E-state index contributed by atoms with van der Waals surface area (Å²) in [6, 6.07) is 13.2. The molecular formula is C20H17ClFN3O. The first-order chi connectivity index (χ1) is 12.5. The standard InChI is InChI=1S/C20H17ClFN3O/c1-13(8-18-11-23-12-19(21)24-18)14-4-3-7-17(10-14)25-20(26)15-5-2-6-16(22)9-15/h2-7,9-13H,8H2,1H3,(H,25,26)/t13-/m1/s1. The van der Waals surface area contributed by atoms with Gasteiger partial charge in [0.25, 0.3) is 5.91 Å². The number of nitrogens with one attached hydrogen (secondary N) is 1. The third kappa shape index (κ3) is 4.64. The van der Waals surface area contributed by atoms with Crippen LogP contribution in [0.5, 0.6) is 0 Å². The summed E-state index contributed by atoms with van der Waals surface area (Å²) in [7, 11) is 0. The van der Waals surface area contributed by atoms with Gasteiger partial charge in [0.2, 0.25) is 0 Å². The second-order valence-corrected chi connectivity index (χ2v) is 6.42. The fraction of sp³-hybridized carbons (Fsp3) is 0.150. The van der Waals surface area contributed by atoms with Crippen LogP contribution < -0.4 is 5.32 Å². The first-order valence-corrected chi connectivity index (χ1v) is 8.52. The summed E-state index contributed by atoms with van der Waals surface area (Å²) in [5, 5.41) is 3.17. The molecule has 1 N–H and O–H groups in total. The molecule has 0 radical (unpaired) electrons. The number of anilines is 1. The Balaban J connectivity index is 1.72. The normalized spacial score (nSPS) is 11.8. The van der Waals surface area contributed by atoms with Crippen molar-refractivity contribution >= 4 is 23.2 Å². The Morgan fingerprint density at radius 2 is 2.00 bits per heavy atom. The molecule has 6 heteroatoms. The number of hydrogen-bond donors (Lipinski definition) is 1. The molecule has 0 unspecified atom stereocenters. The van der Waals surface area contributed by atoms with Crippen LogP contribution in [0, 0.1) is 5.82 Å². The van der Waals surface area contributed by atoms with Gasteiger partial charge in [-0.15, -0.1) is 0 Å². The molecule has 0 bridgehead atoms. The van der Waals surface area contributed by atoms with E-state index >= 15 is 0 Å². The second-order valence-electron chi connectivity index (χ2n) is 6.03. The molecule has 0 aliphatic heterocycles. The zero-order chi connectivity index (χ0) is 18.5. The van der Waals surface area contributed by atoms with E-state index in [0.717, 1.165) is 11.3 Å². The molecular weight excluding hydrogens is 353 g/mol. The van der Waals surface area contributed by atoms with Crippen molar-refractivity contribution in [3.8, 4) is 0 Å². The molecule has 2 aromatic carbocycles. The SMILES string of the molecule is C[C@H](Cc1cncc(Cl)n1)c1cccc(NC(=O)c2cccc(F)c2)c1. The molecule has 3 rings (SSSR count). The van der Waals surface area contributed by atoms with E-state index < -0.39 is 5.82 Å². The fourth-order valence-corrected chi connectivity index (χ4v) is 2.83. The minimum atomic E-state index is -0.442. The lowest BCUT2D eigenvalue weighted by molar-refractivity contribution is 0.102. The van der Waals surface area contributed by atoms with E-state index in [1.165, 1.54) is 24.4 Å². The Bertz CT molecular complexity index is 932. The third-order valence-corrected chi connectivity index (χ3v) is 4.15. The lowest BCUT2D eigenvalue weighted by Gasteiger charge is -2.13. The molecule has 1 heterocycles. The molecule has 0 aliphatic rings. The smallest absolute Gasteiger partial charge is 0.255 e. The summed E-state index contributed by atoms with van der Waals surface area (Å²) >= 11 is 5.88. The van der Waals surface area contributed by atoms with E-state index in [0.29, 0.717) is 17.3 Å². The van der Waals surface area contributed by atoms with Crippen LogP contribution in [0.1, 0.15) is 34.5 Å². The van der Waals surface area contributed by atoms with Gasteiger partial charge in [-0.3, -0.25) is 9.78 Å². The van der Waals surface area contributed by atoms with Crippen molar-refractivity contribution in [2.24, 2.45) is 0 Å². The molecule has 0 aliphatic carbocycles. The molecule has 4 nitrogen and oxygen atoms in total. The molecule has 1 atom stereocenters. The largest absolute Gasteiger partial charge is 0.322 e. The zero-order valence-corrected chi connectivity index (χ0v) is 14.9. The molecule has 0 saturated heterocycles. The van der Waals surface area contributed by atoms with Gasteiger partial charge in [-0.25, -0.2) is 9.37 Å². The van der Waals surface area contributed by atoms with Gasteiger partial charge in [-0.05, 0) is 48.2 Å². The lowest BCUT2D eigenvalue weighted by Crippen LogP contribution is -2.12. The number of carbonyl (C=O) groups excluding carboxylic acids is 1. The number of hydrogen-bond acceptors (Lipinski definition) is 3. The van der Waals surface area contributed by atoms with Crippen molar-refractivity contribution in [3.63, 3.8) is 0 Å². The number of nitrogens with zero attached hydrogens (tertiary/aromatic N) is 2. The molecule has 1 amide bonds. The van der Waals surface area contributed by atoms with Crippen LogP contribution in [-0.2, 0) is 6.42 Å². The van der Waals surface area contributed by atoms with E-state index in [2.05, 4.69) is 22.2 Å². The Morgan fingerprint density at radius 3 is 2.77 bits per heavy atom. The van der Waals surface area contributed by atoms with Crippen LogP contribution >= 0.6 is 11.6 Å². The van der Waals surface area contributed by atoms with Crippen LogP contribution in [0.25, 0.3) is 0 Å². The average Bonchev–Trinajstić information content (AvgIpc) is 2.62. The number of amides is 1. The predicted molar refractivity (Wildman–Crippen MR) is 100.0 cm³/mol. The van der Waals surface area contributed by atoms with Gasteiger partial charge >= 0.3 is 0 Å². The van der Waals surface area contributed by atoms with Gasteiger partial charge in [0.05, 0.1) is 11.9 Å². The quantitative estimate of drug-likeness (QED) is 0.698. The Kier molecular flexibility index (Phi) is 5.58. The lowest BCUT2D eigenvalue weighted by atomic mass is 9.96. The van der Waals surface area contributed by atoms with Gasteiger partial charge in [-0.1, -0.05) is 36.7 Å². The minimum absolute atomic E-state index is 0.161. The molecule has 1 aromatic heterocycles. The Labute approximate surface area is 156 Å². The second kappa shape index (κ2) is 8.06. The average molecular weight is 370 g/mol. The molecule has 132 valence electrons. The highest BCUT2D eigenvalue weighted by atomic mass is 35.5. The fourth-order valence-electron chi connectivity index (χ4n) is 2.67. The molecule has 0 fully saturated rings. The maximum absolute atomic E-state index is 13.3. The zero-order valence-electron chi connectivity index (χ0n) is 14.1.